The van der Waals surface area contributed by atoms with E-state index < -0.39 is 6.09 Å². The number of carbonyl (C=O) groups excluding carboxylic acids is 1. The number of hydrogen-bond donors (Lipinski definition) is 3. The lowest BCUT2D eigenvalue weighted by Gasteiger charge is -2.29. The molecule has 6 rings (SSSR count). The number of hydrogen-bond acceptors (Lipinski definition) is 7. The number of benzene rings is 2. The number of morpholine rings is 1. The van der Waals surface area contributed by atoms with Crippen molar-refractivity contribution >= 4 is 46.9 Å². The average Bonchev–Trinajstić information content (AvgIpc) is 2.96. The molecule has 0 radical (unpaired) electrons. The number of fused-ring (bicyclic) bond motifs is 2. The van der Waals surface area contributed by atoms with Gasteiger partial charge in [-0.3, -0.25) is 9.59 Å². The highest BCUT2D eigenvalue weighted by Gasteiger charge is 2.28. The molecule has 1 aromatic heterocycles. The summed E-state index contributed by atoms with van der Waals surface area (Å²) in [7, 11) is 0. The van der Waals surface area contributed by atoms with Crippen molar-refractivity contribution in [3.63, 3.8) is 0 Å². The van der Waals surface area contributed by atoms with Gasteiger partial charge in [0.1, 0.15) is 0 Å². The van der Waals surface area contributed by atoms with Gasteiger partial charge in [0.05, 0.1) is 18.9 Å². The molecule has 0 unspecified atom stereocenters. The van der Waals surface area contributed by atoms with Gasteiger partial charge in [-0.05, 0) is 43.2 Å². The highest BCUT2D eigenvalue weighted by atomic mass is 32.2. The van der Waals surface area contributed by atoms with Crippen LogP contribution in [-0.2, 0) is 9.53 Å². The Balaban J connectivity index is 1.20. The number of aromatic nitrogens is 1. The monoisotopic (exact) mass is 564 g/mol. The van der Waals surface area contributed by atoms with E-state index in [4.69, 9.17) is 9.84 Å². The van der Waals surface area contributed by atoms with Crippen LogP contribution in [0.15, 0.2) is 72.9 Å². The maximum atomic E-state index is 12.9. The summed E-state index contributed by atoms with van der Waals surface area (Å²) < 4.78 is 5.47. The molecule has 39 heavy (non-hydrogen) atoms. The molecule has 4 heterocycles. The summed E-state index contributed by atoms with van der Waals surface area (Å²) in [5.74, 6) is -0.266. The second kappa shape index (κ2) is 11.0. The fourth-order valence-electron chi connectivity index (χ4n) is 5.15. The lowest BCUT2D eigenvalue weighted by atomic mass is 9.96. The van der Waals surface area contributed by atoms with Crippen molar-refractivity contribution < 1.29 is 19.4 Å². The summed E-state index contributed by atoms with van der Waals surface area (Å²) in [6.45, 7) is 3.58. The molecule has 3 aromatic rings. The van der Waals surface area contributed by atoms with Crippen LogP contribution in [0.25, 0.3) is 11.3 Å². The molecule has 0 spiro atoms. The van der Waals surface area contributed by atoms with Crippen LogP contribution in [0.2, 0.25) is 0 Å². The van der Waals surface area contributed by atoms with Crippen LogP contribution in [0, 0.1) is 5.92 Å². The van der Waals surface area contributed by atoms with E-state index in [1.165, 1.54) is 4.90 Å². The van der Waals surface area contributed by atoms with E-state index in [1.54, 1.807) is 29.6 Å². The molecule has 0 aliphatic carbocycles. The number of H-pyrrole nitrogens is 1. The van der Waals surface area contributed by atoms with Crippen LogP contribution in [0.1, 0.15) is 12.8 Å². The third-order valence-electron chi connectivity index (χ3n) is 7.25. The quantitative estimate of drug-likeness (QED) is 0.323. The molecule has 9 nitrogen and oxygen atoms in total. The van der Waals surface area contributed by atoms with Crippen molar-refractivity contribution in [3.05, 3.63) is 58.9 Å². The number of nitrogens with zero attached hydrogens (tertiary/aromatic N) is 2. The first-order valence-corrected chi connectivity index (χ1v) is 14.6. The van der Waals surface area contributed by atoms with Crippen molar-refractivity contribution in [3.8, 4) is 11.3 Å². The van der Waals surface area contributed by atoms with Gasteiger partial charge in [0.15, 0.2) is 0 Å². The second-order valence-corrected chi connectivity index (χ2v) is 11.9. The van der Waals surface area contributed by atoms with Crippen LogP contribution in [0.4, 0.5) is 16.2 Å². The molecular formula is C28H28N4O5S2. The Morgan fingerprint density at radius 3 is 2.51 bits per heavy atom. The largest absolute Gasteiger partial charge is 0.465 e. The van der Waals surface area contributed by atoms with Gasteiger partial charge in [-0.2, -0.15) is 0 Å². The minimum absolute atomic E-state index is 0.0692. The number of likely N-dealkylation sites (tertiary alicyclic amines) is 1. The molecule has 2 fully saturated rings. The van der Waals surface area contributed by atoms with Gasteiger partial charge in [0.2, 0.25) is 11.5 Å². The number of nitrogens with one attached hydrogen (secondary N) is 2. The molecule has 3 N–H and O–H groups in total. The van der Waals surface area contributed by atoms with E-state index in [0.29, 0.717) is 39.1 Å². The molecule has 3 aliphatic heterocycles. The SMILES string of the molecule is O=C(Nc1ccc2c(c1)Sc1cccc(-c3cc(N4CCOCC4)cc(=O)[nH]3)c1S2)C1CCN(C(=O)O)CC1. The smallest absolute Gasteiger partial charge is 0.407 e. The molecule has 0 saturated carbocycles. The van der Waals surface area contributed by atoms with E-state index >= 15 is 0 Å². The lowest BCUT2D eigenvalue weighted by molar-refractivity contribution is -0.121. The van der Waals surface area contributed by atoms with E-state index in [2.05, 4.69) is 21.3 Å². The molecule has 3 aliphatic rings. The molecule has 2 amide bonds. The number of pyridine rings is 1. The minimum atomic E-state index is -0.933. The third kappa shape index (κ3) is 5.52. The number of anilines is 2. The van der Waals surface area contributed by atoms with E-state index in [9.17, 15) is 14.4 Å². The zero-order chi connectivity index (χ0) is 26.9. The van der Waals surface area contributed by atoms with Gasteiger partial charge in [0, 0.05) is 74.7 Å². The summed E-state index contributed by atoms with van der Waals surface area (Å²) in [5, 5.41) is 12.2. The Labute approximate surface area is 233 Å². The number of aromatic amines is 1. The van der Waals surface area contributed by atoms with Crippen LogP contribution in [-0.4, -0.2) is 66.4 Å². The van der Waals surface area contributed by atoms with E-state index in [-0.39, 0.29) is 17.4 Å². The first-order valence-electron chi connectivity index (χ1n) is 12.9. The standard InChI is InChI=1S/C28H28N4O5S2/c33-25-16-19(31-10-12-37-13-11-31)15-21(30-25)20-2-1-3-23-26(20)39-22-5-4-18(14-24(22)38-23)29-27(34)17-6-8-32(9-7-17)28(35)36/h1-5,14-17H,6-13H2,(H,29,34)(H,30,33)(H,35,36). The van der Waals surface area contributed by atoms with Gasteiger partial charge >= 0.3 is 6.09 Å². The number of piperidine rings is 1. The minimum Gasteiger partial charge on any atom is -0.465 e. The van der Waals surface area contributed by atoms with Crippen molar-refractivity contribution in [2.24, 2.45) is 5.92 Å². The number of carboxylic acid groups (broad SMARTS) is 1. The van der Waals surface area contributed by atoms with Crippen LogP contribution < -0.4 is 15.8 Å². The number of ether oxygens (including phenoxy) is 1. The van der Waals surface area contributed by atoms with E-state index in [1.807, 2.05) is 36.4 Å². The van der Waals surface area contributed by atoms with Gasteiger partial charge in [-0.25, -0.2) is 4.79 Å². The van der Waals surface area contributed by atoms with Crippen LogP contribution >= 0.6 is 23.5 Å². The maximum absolute atomic E-state index is 12.9. The van der Waals surface area contributed by atoms with E-state index in [0.717, 1.165) is 55.3 Å². The molecule has 11 heteroatoms. The molecular weight excluding hydrogens is 536 g/mol. The highest BCUT2D eigenvalue weighted by molar-refractivity contribution is 8.05. The number of rotatable bonds is 4. The number of amides is 2. The summed E-state index contributed by atoms with van der Waals surface area (Å²) in [6, 6.07) is 15.7. The third-order valence-corrected chi connectivity index (χ3v) is 9.85. The summed E-state index contributed by atoms with van der Waals surface area (Å²) in [4.78, 5) is 47.5. The van der Waals surface area contributed by atoms with Crippen molar-refractivity contribution in [1.82, 2.24) is 9.88 Å². The zero-order valence-electron chi connectivity index (χ0n) is 21.1. The van der Waals surface area contributed by atoms with Gasteiger partial charge in [-0.15, -0.1) is 0 Å². The predicted molar refractivity (Wildman–Crippen MR) is 151 cm³/mol. The van der Waals surface area contributed by atoms with Gasteiger partial charge in [-0.1, -0.05) is 35.7 Å². The zero-order valence-corrected chi connectivity index (χ0v) is 22.8. The summed E-state index contributed by atoms with van der Waals surface area (Å²) in [5.41, 5.74) is 3.27. The summed E-state index contributed by atoms with van der Waals surface area (Å²) >= 11 is 3.30. The molecule has 202 valence electrons. The molecule has 0 atom stereocenters. The van der Waals surface area contributed by atoms with Gasteiger partial charge < -0.3 is 29.9 Å². The fraction of sp³-hybridized carbons (Fsp3) is 0.321. The Bertz CT molecular complexity index is 1480. The Morgan fingerprint density at radius 1 is 0.949 bits per heavy atom. The van der Waals surface area contributed by atoms with Crippen molar-refractivity contribution in [1.29, 1.82) is 0 Å². The Hall–Kier alpha value is -3.41. The summed E-state index contributed by atoms with van der Waals surface area (Å²) in [6.07, 6.45) is 0.120. The first kappa shape index (κ1) is 25.8. The van der Waals surface area contributed by atoms with Crippen molar-refractivity contribution in [2.75, 3.05) is 49.6 Å². The number of carbonyl (C=O) groups is 2. The Morgan fingerprint density at radius 2 is 1.74 bits per heavy atom. The van der Waals surface area contributed by atoms with Gasteiger partial charge in [0.25, 0.3) is 0 Å². The molecule has 2 aromatic carbocycles. The van der Waals surface area contributed by atoms with Crippen LogP contribution in [0.5, 0.6) is 0 Å². The normalized spacial score (nSPS) is 17.3. The fourth-order valence-corrected chi connectivity index (χ4v) is 7.56. The highest BCUT2D eigenvalue weighted by Crippen LogP contribution is 2.52. The molecule has 2 saturated heterocycles. The first-order chi connectivity index (χ1) is 18.9. The lowest BCUT2D eigenvalue weighted by Crippen LogP contribution is -2.40. The van der Waals surface area contributed by atoms with Crippen LogP contribution in [0.3, 0.4) is 0 Å². The molecule has 0 bridgehead atoms. The predicted octanol–water partition coefficient (Wildman–Crippen LogP) is 4.82. The Kier molecular flexibility index (Phi) is 7.28. The van der Waals surface area contributed by atoms with Crippen molar-refractivity contribution in [2.45, 2.75) is 32.4 Å². The average molecular weight is 565 g/mol. The topological polar surface area (TPSA) is 115 Å². The second-order valence-electron chi connectivity index (χ2n) is 9.75. The maximum Gasteiger partial charge on any atom is 0.407 e.